The maximum Gasteiger partial charge on any atom is -0.0809 e. The largest absolute Gasteiger partial charge is 0.168 e. The third-order valence-corrected chi connectivity index (χ3v) is 3.89. The van der Waals surface area contributed by atoms with Gasteiger partial charge in [0.05, 0.1) is 0 Å². The first kappa shape index (κ1) is 20.3. The Bertz CT molecular complexity index is 866. The molecule has 25 heavy (non-hydrogen) atoms. The average Bonchev–Trinajstić information content (AvgIpc) is 3.11. The van der Waals surface area contributed by atoms with Crippen LogP contribution in [0.5, 0.6) is 0 Å². The summed E-state index contributed by atoms with van der Waals surface area (Å²) < 4.78 is 0. The minimum Gasteiger partial charge on any atom is -0.168 e. The SMILES string of the molecule is CC(C)c1c[c-]c2ccccc2c1.[Cl][Zr+2][Cl].c1ccc2[cH-]ccc2c1. The van der Waals surface area contributed by atoms with Crippen LogP contribution in [0, 0.1) is 6.07 Å². The summed E-state index contributed by atoms with van der Waals surface area (Å²) in [6, 6.07) is 30.7. The Morgan fingerprint density at radius 2 is 1.56 bits per heavy atom. The zero-order chi connectivity index (χ0) is 18.1. The van der Waals surface area contributed by atoms with E-state index in [0.717, 1.165) is 0 Å². The second-order valence-electron chi connectivity index (χ2n) is 5.90. The van der Waals surface area contributed by atoms with Crippen LogP contribution >= 0.6 is 17.0 Å². The molecule has 126 valence electrons. The van der Waals surface area contributed by atoms with E-state index in [9.17, 15) is 0 Å². The van der Waals surface area contributed by atoms with Crippen molar-refractivity contribution >= 4 is 38.6 Å². The van der Waals surface area contributed by atoms with Crippen molar-refractivity contribution in [1.29, 1.82) is 0 Å². The molecule has 0 radical (unpaired) electrons. The second-order valence-corrected chi connectivity index (χ2v) is 9.63. The van der Waals surface area contributed by atoms with Gasteiger partial charge in [0.15, 0.2) is 0 Å². The molecule has 0 aromatic heterocycles. The molecule has 0 aliphatic heterocycles. The van der Waals surface area contributed by atoms with Gasteiger partial charge in [-0.15, -0.1) is 76.3 Å². The van der Waals surface area contributed by atoms with Crippen LogP contribution in [0.15, 0.2) is 78.9 Å². The molecule has 0 bridgehead atoms. The molecule has 3 heteroatoms. The van der Waals surface area contributed by atoms with Crippen LogP contribution in [0.3, 0.4) is 0 Å². The Hall–Kier alpha value is -1.01. The molecule has 0 atom stereocenters. The van der Waals surface area contributed by atoms with E-state index in [1.54, 1.807) is 0 Å². The predicted molar refractivity (Wildman–Crippen MR) is 108 cm³/mol. The Labute approximate surface area is 168 Å². The zero-order valence-electron chi connectivity index (χ0n) is 14.3. The fraction of sp³-hybridized carbons (Fsp3) is 0.136. The predicted octanol–water partition coefficient (Wildman–Crippen LogP) is 7.70. The van der Waals surface area contributed by atoms with Crippen molar-refractivity contribution in [1.82, 2.24) is 0 Å². The maximum absolute atomic E-state index is 4.93. The molecule has 0 saturated carbocycles. The van der Waals surface area contributed by atoms with Crippen molar-refractivity contribution < 1.29 is 20.8 Å². The summed E-state index contributed by atoms with van der Waals surface area (Å²) in [6.45, 7) is 4.41. The topological polar surface area (TPSA) is 0 Å². The van der Waals surface area contributed by atoms with Crippen molar-refractivity contribution in [3.05, 3.63) is 90.5 Å². The summed E-state index contributed by atoms with van der Waals surface area (Å²) in [5, 5.41) is 5.15. The molecule has 0 fully saturated rings. The number of benzene rings is 3. The van der Waals surface area contributed by atoms with E-state index in [4.69, 9.17) is 17.0 Å². The van der Waals surface area contributed by atoms with Gasteiger partial charge < -0.3 is 0 Å². The van der Waals surface area contributed by atoms with Gasteiger partial charge >= 0.3 is 37.9 Å². The third kappa shape index (κ3) is 6.34. The molecule has 4 rings (SSSR count). The molecule has 0 aliphatic carbocycles. The van der Waals surface area contributed by atoms with E-state index < -0.39 is 20.8 Å². The quantitative estimate of drug-likeness (QED) is 0.263. The Morgan fingerprint density at radius 1 is 0.920 bits per heavy atom. The summed E-state index contributed by atoms with van der Waals surface area (Å²) in [6.07, 6.45) is 0. The Morgan fingerprint density at radius 3 is 2.24 bits per heavy atom. The number of rotatable bonds is 1. The van der Waals surface area contributed by atoms with Gasteiger partial charge in [0, 0.05) is 0 Å². The van der Waals surface area contributed by atoms with E-state index in [1.807, 2.05) is 6.07 Å². The van der Waals surface area contributed by atoms with Gasteiger partial charge in [-0.25, -0.2) is 0 Å². The number of hydrogen-bond acceptors (Lipinski definition) is 0. The number of fused-ring (bicyclic) bond motifs is 2. The van der Waals surface area contributed by atoms with Crippen LogP contribution in [0.4, 0.5) is 0 Å². The first-order valence-corrected chi connectivity index (χ1v) is 14.5. The van der Waals surface area contributed by atoms with Crippen molar-refractivity contribution in [2.45, 2.75) is 19.8 Å². The number of hydrogen-bond donors (Lipinski definition) is 0. The molecule has 0 aliphatic rings. The van der Waals surface area contributed by atoms with Crippen LogP contribution in [-0.2, 0) is 20.8 Å². The van der Waals surface area contributed by atoms with Gasteiger partial charge in [0.2, 0.25) is 0 Å². The molecular formula is C22H20Cl2Zr. The molecule has 0 saturated heterocycles. The monoisotopic (exact) mass is 444 g/mol. The van der Waals surface area contributed by atoms with Crippen LogP contribution < -0.4 is 0 Å². The van der Waals surface area contributed by atoms with Crippen LogP contribution in [-0.4, -0.2) is 0 Å². The summed E-state index contributed by atoms with van der Waals surface area (Å²) >= 11 is -0.826. The Kier molecular flexibility index (Phi) is 8.83. The normalized spacial score (nSPS) is 9.80. The second kappa shape index (κ2) is 10.9. The van der Waals surface area contributed by atoms with Gasteiger partial charge in [-0.1, -0.05) is 38.0 Å². The molecule has 0 nitrogen and oxygen atoms in total. The van der Waals surface area contributed by atoms with Crippen molar-refractivity contribution in [3.8, 4) is 0 Å². The van der Waals surface area contributed by atoms with E-state index in [0.29, 0.717) is 5.92 Å². The maximum atomic E-state index is 4.93. The zero-order valence-corrected chi connectivity index (χ0v) is 18.3. The first-order chi connectivity index (χ1) is 12.2. The van der Waals surface area contributed by atoms with Gasteiger partial charge in [-0.2, -0.15) is 17.5 Å². The molecule has 0 amide bonds. The molecule has 0 spiro atoms. The van der Waals surface area contributed by atoms with Crippen LogP contribution in [0.2, 0.25) is 0 Å². The van der Waals surface area contributed by atoms with Crippen molar-refractivity contribution in [2.75, 3.05) is 0 Å². The molecule has 0 N–H and O–H groups in total. The van der Waals surface area contributed by atoms with Gasteiger partial charge in [0.25, 0.3) is 0 Å². The molecule has 4 aromatic carbocycles. The molecule has 4 aromatic rings. The van der Waals surface area contributed by atoms with E-state index in [2.05, 4.69) is 92.7 Å². The fourth-order valence-electron chi connectivity index (χ4n) is 2.54. The molecule has 0 heterocycles. The van der Waals surface area contributed by atoms with Crippen molar-refractivity contribution in [2.24, 2.45) is 0 Å². The van der Waals surface area contributed by atoms with E-state index in [-0.39, 0.29) is 0 Å². The van der Waals surface area contributed by atoms with Crippen molar-refractivity contribution in [3.63, 3.8) is 0 Å². The smallest absolute Gasteiger partial charge is 0.0809 e. The summed E-state index contributed by atoms with van der Waals surface area (Å²) in [5.74, 6) is 0.584. The third-order valence-electron chi connectivity index (χ3n) is 3.89. The fourth-order valence-corrected chi connectivity index (χ4v) is 2.54. The standard InChI is InChI=1S/C13H13.C9H7.2ClH.Zr/c1-10(2)12-8-7-11-5-3-4-6-13(11)9-12;1-2-5-9-7-3-6-8(9)4-1;;;/h3-6,8-10H,1-2H3;1-7H;2*1H;/q2*-1;;;+4/p-2. The first-order valence-electron chi connectivity index (χ1n) is 8.12. The van der Waals surface area contributed by atoms with E-state index in [1.165, 1.54) is 27.1 Å². The molecular weight excluding hydrogens is 426 g/mol. The summed E-state index contributed by atoms with van der Waals surface area (Å²) in [4.78, 5) is 0. The Balaban J connectivity index is 0.000000163. The van der Waals surface area contributed by atoms with Gasteiger partial charge in [0.1, 0.15) is 0 Å². The number of halogens is 2. The minimum absolute atomic E-state index is 0.584. The van der Waals surface area contributed by atoms with Crippen LogP contribution in [0.25, 0.3) is 21.5 Å². The average molecular weight is 447 g/mol. The van der Waals surface area contributed by atoms with E-state index >= 15 is 0 Å². The van der Waals surface area contributed by atoms with Gasteiger partial charge in [-0.05, 0) is 0 Å². The summed E-state index contributed by atoms with van der Waals surface area (Å²) in [5.41, 5.74) is 1.36. The van der Waals surface area contributed by atoms with Crippen LogP contribution in [0.1, 0.15) is 25.3 Å². The van der Waals surface area contributed by atoms with Gasteiger partial charge in [-0.3, -0.25) is 0 Å². The molecule has 0 unspecified atom stereocenters. The summed E-state index contributed by atoms with van der Waals surface area (Å²) in [7, 11) is 9.87. The minimum atomic E-state index is -0.826.